The third-order valence-corrected chi connectivity index (χ3v) is 4.09. The number of nitrogens with two attached hydrogens (primary N) is 1. The van der Waals surface area contributed by atoms with Gasteiger partial charge in [-0.1, -0.05) is 0 Å². The minimum Gasteiger partial charge on any atom is -0.491 e. The number of nitrogen functional groups attached to an aromatic ring is 1. The van der Waals surface area contributed by atoms with Crippen LogP contribution in [0.3, 0.4) is 0 Å². The maximum absolute atomic E-state index is 11.6. The lowest BCUT2D eigenvalue weighted by Gasteiger charge is -2.10. The zero-order chi connectivity index (χ0) is 15.7. The second-order valence-electron chi connectivity index (χ2n) is 4.21. The minimum absolute atomic E-state index is 0.109. The van der Waals surface area contributed by atoms with Crippen LogP contribution in [0.2, 0.25) is 0 Å². The Bertz CT molecular complexity index is 533. The smallest absolute Gasteiger partial charge is 0.240 e. The van der Waals surface area contributed by atoms with Crippen LogP contribution in [0, 0.1) is 0 Å². The van der Waals surface area contributed by atoms with E-state index in [4.69, 9.17) is 19.9 Å². The second-order valence-corrected chi connectivity index (χ2v) is 6.10. The summed E-state index contributed by atoms with van der Waals surface area (Å²) in [5.74, 6) is 0.460. The Labute approximate surface area is 125 Å². The molecule has 0 aliphatic heterocycles. The number of anilines is 1. The van der Waals surface area contributed by atoms with E-state index in [2.05, 4.69) is 4.72 Å². The molecule has 0 unspecified atom stereocenters. The summed E-state index contributed by atoms with van der Waals surface area (Å²) < 4.78 is 41.1. The van der Waals surface area contributed by atoms with Crippen LogP contribution < -0.4 is 15.2 Å². The minimum atomic E-state index is -3.49. The third-order valence-electron chi connectivity index (χ3n) is 2.68. The predicted molar refractivity (Wildman–Crippen MR) is 79.9 cm³/mol. The summed E-state index contributed by atoms with van der Waals surface area (Å²) in [6.07, 6.45) is 0.708. The summed E-state index contributed by atoms with van der Waals surface area (Å²) in [5, 5.41) is 0. The maximum Gasteiger partial charge on any atom is 0.240 e. The number of benzene rings is 1. The molecule has 0 radical (unpaired) electrons. The van der Waals surface area contributed by atoms with E-state index in [1.807, 2.05) is 0 Å². The molecule has 0 saturated carbocycles. The van der Waals surface area contributed by atoms with Gasteiger partial charge in [0, 0.05) is 20.1 Å². The fraction of sp³-hybridized carbons (Fsp3) is 0.538. The van der Waals surface area contributed by atoms with Crippen molar-refractivity contribution in [3.63, 3.8) is 0 Å². The van der Waals surface area contributed by atoms with E-state index in [0.717, 1.165) is 0 Å². The monoisotopic (exact) mass is 318 g/mol. The third kappa shape index (κ3) is 5.88. The number of hydrogen-bond acceptors (Lipinski definition) is 6. The summed E-state index contributed by atoms with van der Waals surface area (Å²) in [6.45, 7) is 2.12. The molecule has 3 N–H and O–H groups in total. The summed E-state index contributed by atoms with van der Waals surface area (Å²) >= 11 is 0. The molecule has 0 atom stereocenters. The Morgan fingerprint density at radius 2 is 1.95 bits per heavy atom. The maximum atomic E-state index is 11.6. The average molecular weight is 318 g/mol. The van der Waals surface area contributed by atoms with Crippen LogP contribution in [-0.4, -0.2) is 49.0 Å². The molecule has 120 valence electrons. The van der Waals surface area contributed by atoms with Gasteiger partial charge in [-0.2, -0.15) is 0 Å². The fourth-order valence-electron chi connectivity index (χ4n) is 1.53. The molecule has 0 fully saturated rings. The number of methoxy groups -OCH3 is 1. The largest absolute Gasteiger partial charge is 0.491 e. The lowest BCUT2D eigenvalue weighted by atomic mass is 10.3. The van der Waals surface area contributed by atoms with Gasteiger partial charge in [0.25, 0.3) is 0 Å². The van der Waals surface area contributed by atoms with Crippen molar-refractivity contribution in [2.24, 2.45) is 0 Å². The lowest BCUT2D eigenvalue weighted by Crippen LogP contribution is -2.18. The number of sulfonamides is 1. The highest BCUT2D eigenvalue weighted by Crippen LogP contribution is 2.24. The molecular weight excluding hydrogens is 296 g/mol. The average Bonchev–Trinajstić information content (AvgIpc) is 2.47. The van der Waals surface area contributed by atoms with Crippen LogP contribution >= 0.6 is 0 Å². The van der Waals surface area contributed by atoms with E-state index in [0.29, 0.717) is 38.6 Å². The van der Waals surface area contributed by atoms with Crippen molar-refractivity contribution in [3.8, 4) is 5.75 Å². The van der Waals surface area contributed by atoms with Gasteiger partial charge < -0.3 is 19.9 Å². The molecular formula is C13H22N2O5S. The Kier molecular flexibility index (Phi) is 7.44. The highest BCUT2D eigenvalue weighted by molar-refractivity contribution is 7.89. The van der Waals surface area contributed by atoms with Gasteiger partial charge in [0.2, 0.25) is 10.0 Å². The fourth-order valence-corrected chi connectivity index (χ4v) is 2.30. The first-order valence-corrected chi connectivity index (χ1v) is 8.02. The number of ether oxygens (including phenoxy) is 3. The van der Waals surface area contributed by atoms with Gasteiger partial charge in [0.15, 0.2) is 0 Å². The molecule has 0 spiro atoms. The SMILES string of the molecule is CNS(=O)(=O)c1ccc(OCCCOCCOC)c(N)c1. The van der Waals surface area contributed by atoms with Gasteiger partial charge >= 0.3 is 0 Å². The van der Waals surface area contributed by atoms with Crippen molar-refractivity contribution in [1.29, 1.82) is 0 Å². The number of nitrogens with one attached hydrogen (secondary N) is 1. The zero-order valence-electron chi connectivity index (χ0n) is 12.3. The quantitative estimate of drug-likeness (QED) is 0.484. The van der Waals surface area contributed by atoms with Gasteiger partial charge in [-0.3, -0.25) is 0 Å². The van der Waals surface area contributed by atoms with E-state index in [1.165, 1.54) is 19.2 Å². The molecule has 0 bridgehead atoms. The van der Waals surface area contributed by atoms with Crippen molar-refractivity contribution in [2.45, 2.75) is 11.3 Å². The number of hydrogen-bond donors (Lipinski definition) is 2. The van der Waals surface area contributed by atoms with Gasteiger partial charge in [-0.25, -0.2) is 13.1 Å². The van der Waals surface area contributed by atoms with Crippen molar-refractivity contribution in [2.75, 3.05) is 46.3 Å². The van der Waals surface area contributed by atoms with Gasteiger partial charge in [0.1, 0.15) is 5.75 Å². The highest BCUT2D eigenvalue weighted by atomic mass is 32.2. The predicted octanol–water partition coefficient (Wildman–Crippen LogP) is 0.609. The van der Waals surface area contributed by atoms with Crippen LogP contribution in [0.5, 0.6) is 5.75 Å². The topological polar surface area (TPSA) is 99.9 Å². The number of rotatable bonds is 10. The molecule has 0 aromatic heterocycles. The van der Waals surface area contributed by atoms with Crippen LogP contribution in [0.1, 0.15) is 6.42 Å². The van der Waals surface area contributed by atoms with Crippen molar-refractivity contribution >= 4 is 15.7 Å². The molecule has 7 nitrogen and oxygen atoms in total. The first-order chi connectivity index (χ1) is 10.0. The normalized spacial score (nSPS) is 11.5. The van der Waals surface area contributed by atoms with Crippen LogP contribution in [0.15, 0.2) is 23.1 Å². The summed E-state index contributed by atoms with van der Waals surface area (Å²) in [7, 11) is -0.528. The molecule has 0 heterocycles. The highest BCUT2D eigenvalue weighted by Gasteiger charge is 2.13. The lowest BCUT2D eigenvalue weighted by molar-refractivity contribution is 0.0645. The summed E-state index contributed by atoms with van der Waals surface area (Å²) in [5.41, 5.74) is 6.07. The molecule has 21 heavy (non-hydrogen) atoms. The van der Waals surface area contributed by atoms with Gasteiger partial charge in [-0.15, -0.1) is 0 Å². The van der Waals surface area contributed by atoms with Crippen molar-refractivity contribution < 1.29 is 22.6 Å². The van der Waals surface area contributed by atoms with E-state index in [9.17, 15) is 8.42 Å². The molecule has 1 aromatic carbocycles. The first kappa shape index (κ1) is 17.7. The van der Waals surface area contributed by atoms with Crippen LogP contribution in [0.25, 0.3) is 0 Å². The van der Waals surface area contributed by atoms with Gasteiger partial charge in [-0.05, 0) is 25.2 Å². The summed E-state index contributed by atoms with van der Waals surface area (Å²) in [6, 6.07) is 4.37. The molecule has 0 amide bonds. The van der Waals surface area contributed by atoms with E-state index < -0.39 is 10.0 Å². The van der Waals surface area contributed by atoms with Crippen molar-refractivity contribution in [1.82, 2.24) is 4.72 Å². The molecule has 1 aromatic rings. The Morgan fingerprint density at radius 1 is 1.19 bits per heavy atom. The molecule has 1 rings (SSSR count). The van der Waals surface area contributed by atoms with Gasteiger partial charge in [0.05, 0.1) is 30.4 Å². The van der Waals surface area contributed by atoms with Crippen molar-refractivity contribution in [3.05, 3.63) is 18.2 Å². The Balaban J connectivity index is 2.43. The standard InChI is InChI=1S/C13H22N2O5S/c1-15-21(16,17)11-4-5-13(12(14)10-11)20-7-3-6-19-9-8-18-2/h4-5,10,15H,3,6-9,14H2,1-2H3. The molecule has 0 aliphatic rings. The second kappa shape index (κ2) is 8.83. The first-order valence-electron chi connectivity index (χ1n) is 6.54. The zero-order valence-corrected chi connectivity index (χ0v) is 13.1. The Hall–Kier alpha value is -1.35. The summed E-state index contributed by atoms with van der Waals surface area (Å²) in [4.78, 5) is 0.109. The van der Waals surface area contributed by atoms with E-state index >= 15 is 0 Å². The van der Waals surface area contributed by atoms with Crippen LogP contribution in [-0.2, 0) is 19.5 Å². The Morgan fingerprint density at radius 3 is 2.57 bits per heavy atom. The van der Waals surface area contributed by atoms with Crippen LogP contribution in [0.4, 0.5) is 5.69 Å². The molecule has 0 aliphatic carbocycles. The molecule has 8 heteroatoms. The molecule has 0 saturated heterocycles. The van der Waals surface area contributed by atoms with E-state index in [-0.39, 0.29) is 10.6 Å². The van der Waals surface area contributed by atoms with E-state index in [1.54, 1.807) is 13.2 Å².